The van der Waals surface area contributed by atoms with Gasteiger partial charge < -0.3 is 0 Å². The minimum absolute atomic E-state index is 0.0392. The Hall–Kier alpha value is -2.82. The molecule has 1 fully saturated rings. The van der Waals surface area contributed by atoms with Crippen LogP contribution >= 0.6 is 23.4 Å². The predicted molar refractivity (Wildman–Crippen MR) is 124 cm³/mol. The molecule has 1 heterocycles. The van der Waals surface area contributed by atoms with Crippen LogP contribution in [0.3, 0.4) is 0 Å². The summed E-state index contributed by atoms with van der Waals surface area (Å²) < 4.78 is 0. The monoisotopic (exact) mass is 418 g/mol. The molecule has 0 aromatic heterocycles. The standard InChI is InChI=1S/C24H19ClN2OS/c1-16-3-13-21(14-4-16)26-24-27(2)23(28)22(29-24)15-17-5-7-18(8-6-17)19-9-11-20(25)12-10-19/h3-15H,1-2H3/b22-15-,26-24?. The van der Waals surface area contributed by atoms with Gasteiger partial charge >= 0.3 is 0 Å². The van der Waals surface area contributed by atoms with Gasteiger partial charge in [-0.05, 0) is 65.7 Å². The summed E-state index contributed by atoms with van der Waals surface area (Å²) in [5, 5.41) is 1.40. The molecule has 29 heavy (non-hydrogen) atoms. The van der Waals surface area contributed by atoms with Crippen molar-refractivity contribution in [3.63, 3.8) is 0 Å². The van der Waals surface area contributed by atoms with E-state index in [0.717, 1.165) is 27.4 Å². The van der Waals surface area contributed by atoms with Gasteiger partial charge in [-0.3, -0.25) is 9.69 Å². The maximum atomic E-state index is 12.6. The summed E-state index contributed by atoms with van der Waals surface area (Å²) in [4.78, 5) is 19.5. The van der Waals surface area contributed by atoms with Gasteiger partial charge in [0, 0.05) is 12.1 Å². The predicted octanol–water partition coefficient (Wildman–Crippen LogP) is 6.55. The summed E-state index contributed by atoms with van der Waals surface area (Å²) in [6.07, 6.45) is 1.91. The van der Waals surface area contributed by atoms with Gasteiger partial charge in [0.1, 0.15) is 0 Å². The number of likely N-dealkylation sites (N-methyl/N-ethyl adjacent to an activating group) is 1. The molecule has 1 amide bonds. The first-order valence-corrected chi connectivity index (χ1v) is 10.4. The van der Waals surface area contributed by atoms with E-state index in [1.807, 2.05) is 85.8 Å². The fourth-order valence-corrected chi connectivity index (χ4v) is 4.06. The van der Waals surface area contributed by atoms with Crippen LogP contribution < -0.4 is 0 Å². The summed E-state index contributed by atoms with van der Waals surface area (Å²) in [7, 11) is 1.76. The van der Waals surface area contributed by atoms with E-state index in [4.69, 9.17) is 11.6 Å². The Morgan fingerprint density at radius 1 is 0.897 bits per heavy atom. The van der Waals surface area contributed by atoms with E-state index < -0.39 is 0 Å². The van der Waals surface area contributed by atoms with Crippen molar-refractivity contribution in [2.75, 3.05) is 7.05 Å². The number of halogens is 1. The van der Waals surface area contributed by atoms with Crippen LogP contribution in [-0.2, 0) is 4.79 Å². The molecule has 144 valence electrons. The lowest BCUT2D eigenvalue weighted by Gasteiger charge is -2.07. The molecule has 0 unspecified atom stereocenters. The molecule has 1 aliphatic heterocycles. The highest BCUT2D eigenvalue weighted by molar-refractivity contribution is 8.18. The van der Waals surface area contributed by atoms with Gasteiger partial charge in [-0.2, -0.15) is 0 Å². The van der Waals surface area contributed by atoms with Gasteiger partial charge in [0.15, 0.2) is 5.17 Å². The summed E-state index contributed by atoms with van der Waals surface area (Å²) in [6, 6.07) is 23.8. The number of amidine groups is 1. The fraction of sp³-hybridized carbons (Fsp3) is 0.0833. The number of aliphatic imine (C=N–C) groups is 1. The molecule has 3 aromatic rings. The zero-order valence-corrected chi connectivity index (χ0v) is 17.7. The zero-order chi connectivity index (χ0) is 20.4. The molecular formula is C24H19ClN2OS. The van der Waals surface area contributed by atoms with Crippen LogP contribution in [-0.4, -0.2) is 23.0 Å². The van der Waals surface area contributed by atoms with Crippen molar-refractivity contribution in [3.05, 3.63) is 93.9 Å². The van der Waals surface area contributed by atoms with Crippen LogP contribution in [0.15, 0.2) is 82.7 Å². The Labute approximate surface area is 179 Å². The summed E-state index contributed by atoms with van der Waals surface area (Å²) in [5.41, 5.74) is 5.20. The molecule has 5 heteroatoms. The molecule has 4 rings (SSSR count). The van der Waals surface area contributed by atoms with Gasteiger partial charge in [0.05, 0.1) is 10.6 Å². The number of hydrogen-bond acceptors (Lipinski definition) is 3. The SMILES string of the molecule is Cc1ccc(N=C2S/C(=C\c3ccc(-c4ccc(Cl)cc4)cc3)C(=O)N2C)cc1. The summed E-state index contributed by atoms with van der Waals surface area (Å²) in [6.45, 7) is 2.04. The van der Waals surface area contributed by atoms with E-state index >= 15 is 0 Å². The third-order valence-electron chi connectivity index (χ3n) is 4.65. The number of rotatable bonds is 3. The van der Waals surface area contributed by atoms with E-state index in [0.29, 0.717) is 10.1 Å². The van der Waals surface area contributed by atoms with Crippen molar-refractivity contribution in [2.24, 2.45) is 4.99 Å². The van der Waals surface area contributed by atoms with Crippen molar-refractivity contribution >= 4 is 46.2 Å². The van der Waals surface area contributed by atoms with E-state index in [1.54, 1.807) is 11.9 Å². The number of aryl methyl sites for hydroxylation is 1. The van der Waals surface area contributed by atoms with Crippen LogP contribution in [0.2, 0.25) is 5.02 Å². The number of benzene rings is 3. The Bertz CT molecular complexity index is 1100. The minimum Gasteiger partial charge on any atom is -0.290 e. The Balaban J connectivity index is 1.55. The molecule has 0 radical (unpaired) electrons. The molecule has 0 spiro atoms. The molecule has 3 nitrogen and oxygen atoms in total. The van der Waals surface area contributed by atoms with Crippen molar-refractivity contribution in [1.82, 2.24) is 4.90 Å². The number of carbonyl (C=O) groups is 1. The van der Waals surface area contributed by atoms with Crippen LogP contribution in [0.1, 0.15) is 11.1 Å². The average Bonchev–Trinajstić information content (AvgIpc) is 2.99. The lowest BCUT2D eigenvalue weighted by Crippen LogP contribution is -2.23. The number of nitrogens with zero attached hydrogens (tertiary/aromatic N) is 2. The van der Waals surface area contributed by atoms with Crippen LogP contribution in [0, 0.1) is 6.92 Å². The lowest BCUT2D eigenvalue weighted by molar-refractivity contribution is -0.121. The first-order valence-electron chi connectivity index (χ1n) is 9.18. The largest absolute Gasteiger partial charge is 0.290 e. The van der Waals surface area contributed by atoms with E-state index in [9.17, 15) is 4.79 Å². The number of carbonyl (C=O) groups excluding carboxylic acids is 1. The molecule has 1 saturated heterocycles. The van der Waals surface area contributed by atoms with Crippen LogP contribution in [0.25, 0.3) is 17.2 Å². The lowest BCUT2D eigenvalue weighted by atomic mass is 10.0. The zero-order valence-electron chi connectivity index (χ0n) is 16.1. The molecular weight excluding hydrogens is 400 g/mol. The highest BCUT2D eigenvalue weighted by Crippen LogP contribution is 2.33. The Kier molecular flexibility index (Phi) is 5.56. The van der Waals surface area contributed by atoms with Gasteiger partial charge in [-0.15, -0.1) is 0 Å². The third-order valence-corrected chi connectivity index (χ3v) is 5.96. The maximum Gasteiger partial charge on any atom is 0.266 e. The van der Waals surface area contributed by atoms with Gasteiger partial charge in [-0.1, -0.05) is 65.7 Å². The van der Waals surface area contributed by atoms with Crippen molar-refractivity contribution < 1.29 is 4.79 Å². The Morgan fingerprint density at radius 2 is 1.48 bits per heavy atom. The minimum atomic E-state index is -0.0392. The van der Waals surface area contributed by atoms with E-state index in [1.165, 1.54) is 17.3 Å². The Morgan fingerprint density at radius 3 is 2.10 bits per heavy atom. The molecule has 3 aromatic carbocycles. The smallest absolute Gasteiger partial charge is 0.266 e. The normalized spacial score (nSPS) is 16.8. The van der Waals surface area contributed by atoms with Gasteiger partial charge in [-0.25, -0.2) is 4.99 Å². The topological polar surface area (TPSA) is 32.7 Å². The molecule has 0 atom stereocenters. The first-order chi connectivity index (χ1) is 14.0. The van der Waals surface area contributed by atoms with E-state index in [2.05, 4.69) is 4.99 Å². The second-order valence-corrected chi connectivity index (χ2v) is 8.28. The second kappa shape index (κ2) is 8.27. The molecule has 0 aliphatic carbocycles. The fourth-order valence-electron chi connectivity index (χ4n) is 2.95. The van der Waals surface area contributed by atoms with Gasteiger partial charge in [0.25, 0.3) is 5.91 Å². The van der Waals surface area contributed by atoms with Crippen LogP contribution in [0.4, 0.5) is 5.69 Å². The summed E-state index contributed by atoms with van der Waals surface area (Å²) >= 11 is 7.35. The average molecular weight is 419 g/mol. The molecule has 0 saturated carbocycles. The quantitative estimate of drug-likeness (QED) is 0.452. The number of thioether (sulfide) groups is 1. The second-order valence-electron chi connectivity index (χ2n) is 6.83. The van der Waals surface area contributed by atoms with Crippen molar-refractivity contribution in [1.29, 1.82) is 0 Å². The van der Waals surface area contributed by atoms with Crippen molar-refractivity contribution in [2.45, 2.75) is 6.92 Å². The summed E-state index contributed by atoms with van der Waals surface area (Å²) in [5.74, 6) is -0.0392. The molecule has 0 bridgehead atoms. The molecule has 1 aliphatic rings. The van der Waals surface area contributed by atoms with E-state index in [-0.39, 0.29) is 5.91 Å². The maximum absolute atomic E-state index is 12.6. The highest BCUT2D eigenvalue weighted by atomic mass is 35.5. The molecule has 0 N–H and O–H groups in total. The highest BCUT2D eigenvalue weighted by Gasteiger charge is 2.30. The van der Waals surface area contributed by atoms with Crippen LogP contribution in [0.5, 0.6) is 0 Å². The van der Waals surface area contributed by atoms with Gasteiger partial charge in [0.2, 0.25) is 0 Å². The third kappa shape index (κ3) is 4.44. The number of hydrogen-bond donors (Lipinski definition) is 0. The van der Waals surface area contributed by atoms with Crippen molar-refractivity contribution in [3.8, 4) is 11.1 Å². The first kappa shape index (κ1) is 19.5. The number of amides is 1.